The quantitative estimate of drug-likeness (QED) is 0.811. The van der Waals surface area contributed by atoms with Gasteiger partial charge in [-0.2, -0.15) is 5.26 Å². The van der Waals surface area contributed by atoms with Crippen LogP contribution in [0.25, 0.3) is 10.6 Å². The molecule has 0 amide bonds. The Hall–Kier alpha value is -1.73. The molecule has 2 aromatic heterocycles. The number of hydrogen-bond donors (Lipinski definition) is 0. The lowest BCUT2D eigenvalue weighted by Crippen LogP contribution is -2.08. The summed E-state index contributed by atoms with van der Waals surface area (Å²) in [6.07, 6.45) is 3.53. The molecular weight excluding hydrogens is 230 g/mol. The van der Waals surface area contributed by atoms with Gasteiger partial charge in [-0.05, 0) is 42.8 Å². The Morgan fingerprint density at radius 1 is 1.41 bits per heavy atom. The monoisotopic (exact) mass is 241 g/mol. The highest BCUT2D eigenvalue weighted by atomic mass is 32.1. The van der Waals surface area contributed by atoms with Gasteiger partial charge in [0.05, 0.1) is 16.6 Å². The van der Waals surface area contributed by atoms with E-state index >= 15 is 0 Å². The van der Waals surface area contributed by atoms with Gasteiger partial charge in [0.1, 0.15) is 11.2 Å². The van der Waals surface area contributed by atoms with Gasteiger partial charge in [-0.25, -0.2) is 9.97 Å². The van der Waals surface area contributed by atoms with Crippen LogP contribution in [0.4, 0.5) is 0 Å². The van der Waals surface area contributed by atoms with Crippen LogP contribution in [-0.4, -0.2) is 9.97 Å². The molecule has 0 unspecified atom stereocenters. The average molecular weight is 241 g/mol. The van der Waals surface area contributed by atoms with Crippen molar-refractivity contribution < 1.29 is 0 Å². The van der Waals surface area contributed by atoms with E-state index in [1.165, 1.54) is 10.4 Å². The Morgan fingerprint density at radius 2 is 2.24 bits per heavy atom. The second-order valence-electron chi connectivity index (χ2n) is 4.39. The van der Waals surface area contributed by atoms with Crippen LogP contribution in [0.1, 0.15) is 24.2 Å². The first kappa shape index (κ1) is 10.4. The second-order valence-corrected chi connectivity index (χ2v) is 5.31. The number of nitrogens with zero attached hydrogens (tertiary/aromatic N) is 3. The fourth-order valence-corrected chi connectivity index (χ4v) is 2.76. The van der Waals surface area contributed by atoms with Crippen molar-refractivity contribution in [2.24, 2.45) is 0 Å². The maximum Gasteiger partial charge on any atom is 0.149 e. The van der Waals surface area contributed by atoms with Crippen molar-refractivity contribution in [1.29, 1.82) is 5.26 Å². The summed E-state index contributed by atoms with van der Waals surface area (Å²) in [6, 6.07) is 6.33. The molecule has 0 spiro atoms. The number of rotatable bonds is 2. The van der Waals surface area contributed by atoms with E-state index in [1.54, 1.807) is 17.5 Å². The zero-order valence-corrected chi connectivity index (χ0v) is 10.3. The minimum atomic E-state index is -0.402. The maximum absolute atomic E-state index is 9.16. The van der Waals surface area contributed by atoms with Gasteiger partial charge in [0.25, 0.3) is 0 Å². The lowest BCUT2D eigenvalue weighted by Gasteiger charge is -2.06. The summed E-state index contributed by atoms with van der Waals surface area (Å²) in [7, 11) is 0. The van der Waals surface area contributed by atoms with E-state index in [1.807, 2.05) is 6.07 Å². The van der Waals surface area contributed by atoms with Gasteiger partial charge in [0, 0.05) is 6.20 Å². The average Bonchev–Trinajstić information content (AvgIpc) is 3.06. The van der Waals surface area contributed by atoms with Crippen molar-refractivity contribution in [3.8, 4) is 16.6 Å². The largest absolute Gasteiger partial charge is 0.240 e. The van der Waals surface area contributed by atoms with Crippen molar-refractivity contribution in [1.82, 2.24) is 9.97 Å². The lowest BCUT2D eigenvalue weighted by atomic mass is 10.1. The minimum absolute atomic E-state index is 0.402. The molecular formula is C13H11N3S. The number of nitriles is 1. The predicted molar refractivity (Wildman–Crippen MR) is 66.6 cm³/mol. The number of thiophene rings is 1. The Labute approximate surface area is 104 Å². The summed E-state index contributed by atoms with van der Waals surface area (Å²) < 4.78 is 0. The first-order chi connectivity index (χ1) is 8.25. The number of aromatic nitrogens is 2. The van der Waals surface area contributed by atoms with E-state index in [0.717, 1.165) is 18.5 Å². The highest BCUT2D eigenvalue weighted by Crippen LogP contribution is 2.46. The molecule has 0 N–H and O–H groups in total. The molecule has 0 aliphatic heterocycles. The van der Waals surface area contributed by atoms with Gasteiger partial charge >= 0.3 is 0 Å². The van der Waals surface area contributed by atoms with Crippen LogP contribution in [0.5, 0.6) is 0 Å². The summed E-state index contributed by atoms with van der Waals surface area (Å²) in [5.74, 6) is 0.685. The van der Waals surface area contributed by atoms with E-state index in [2.05, 4.69) is 34.4 Å². The Balaban J connectivity index is 2.07. The minimum Gasteiger partial charge on any atom is -0.240 e. The van der Waals surface area contributed by atoms with Crippen molar-refractivity contribution in [2.75, 3.05) is 0 Å². The Kier molecular flexibility index (Phi) is 2.23. The van der Waals surface area contributed by atoms with E-state index in [-0.39, 0.29) is 0 Å². The smallest absolute Gasteiger partial charge is 0.149 e. The van der Waals surface area contributed by atoms with Crippen molar-refractivity contribution >= 4 is 11.3 Å². The first-order valence-corrected chi connectivity index (χ1v) is 6.42. The van der Waals surface area contributed by atoms with Gasteiger partial charge in [-0.1, -0.05) is 0 Å². The molecule has 2 aromatic rings. The molecule has 1 saturated carbocycles. The van der Waals surface area contributed by atoms with E-state index in [9.17, 15) is 0 Å². The van der Waals surface area contributed by atoms with Gasteiger partial charge in [-0.3, -0.25) is 0 Å². The molecule has 17 heavy (non-hydrogen) atoms. The highest BCUT2D eigenvalue weighted by molar-refractivity contribution is 7.13. The van der Waals surface area contributed by atoms with Crippen LogP contribution in [0.2, 0.25) is 0 Å². The lowest BCUT2D eigenvalue weighted by molar-refractivity contribution is 0.799. The molecule has 3 nitrogen and oxygen atoms in total. The van der Waals surface area contributed by atoms with Crippen molar-refractivity contribution in [3.63, 3.8) is 0 Å². The fraction of sp³-hybridized carbons (Fsp3) is 0.308. The molecule has 1 fully saturated rings. The summed E-state index contributed by atoms with van der Waals surface area (Å²) in [4.78, 5) is 9.98. The highest BCUT2D eigenvalue weighted by Gasteiger charge is 2.47. The van der Waals surface area contributed by atoms with Crippen molar-refractivity contribution in [3.05, 3.63) is 35.1 Å². The van der Waals surface area contributed by atoms with E-state index in [4.69, 9.17) is 5.26 Å². The first-order valence-electron chi connectivity index (χ1n) is 5.54. The third kappa shape index (κ3) is 1.63. The standard InChI is InChI=1S/C13H11N3S/c1-9-3-7-17-11(9)10-2-6-15-12(16-10)13(8-14)4-5-13/h2-3,6-7H,4-5H2,1H3. The van der Waals surface area contributed by atoms with Gasteiger partial charge in [-0.15, -0.1) is 11.3 Å². The van der Waals surface area contributed by atoms with Crippen LogP contribution in [0.15, 0.2) is 23.7 Å². The van der Waals surface area contributed by atoms with Crippen LogP contribution < -0.4 is 0 Å². The summed E-state index contributed by atoms with van der Waals surface area (Å²) >= 11 is 1.68. The van der Waals surface area contributed by atoms with Crippen LogP contribution >= 0.6 is 11.3 Å². The molecule has 3 rings (SSSR count). The third-order valence-electron chi connectivity index (χ3n) is 3.14. The second kappa shape index (κ2) is 3.64. The predicted octanol–water partition coefficient (Wildman–Crippen LogP) is 3.07. The molecule has 1 aliphatic rings. The fourth-order valence-electron chi connectivity index (χ4n) is 1.86. The van der Waals surface area contributed by atoms with Gasteiger partial charge in [0.2, 0.25) is 0 Å². The van der Waals surface area contributed by atoms with Crippen molar-refractivity contribution in [2.45, 2.75) is 25.2 Å². The van der Waals surface area contributed by atoms with Crippen LogP contribution in [0, 0.1) is 18.3 Å². The summed E-state index contributed by atoms with van der Waals surface area (Å²) in [5.41, 5.74) is 1.76. The van der Waals surface area contributed by atoms with Gasteiger partial charge in [0.15, 0.2) is 0 Å². The Bertz CT molecular complexity index is 605. The number of aryl methyl sites for hydroxylation is 1. The molecule has 0 radical (unpaired) electrons. The van der Waals surface area contributed by atoms with Crippen LogP contribution in [0.3, 0.4) is 0 Å². The number of hydrogen-bond acceptors (Lipinski definition) is 4. The topological polar surface area (TPSA) is 49.6 Å². The molecule has 4 heteroatoms. The SMILES string of the molecule is Cc1ccsc1-c1ccnc(C2(C#N)CC2)n1. The molecule has 0 atom stereocenters. The molecule has 1 aliphatic carbocycles. The molecule has 84 valence electrons. The zero-order chi connectivity index (χ0) is 11.9. The Morgan fingerprint density at radius 3 is 2.82 bits per heavy atom. The van der Waals surface area contributed by atoms with E-state index < -0.39 is 5.41 Å². The van der Waals surface area contributed by atoms with Gasteiger partial charge < -0.3 is 0 Å². The zero-order valence-electron chi connectivity index (χ0n) is 9.47. The molecule has 0 bridgehead atoms. The third-order valence-corrected chi connectivity index (χ3v) is 4.18. The summed E-state index contributed by atoms with van der Waals surface area (Å²) in [6.45, 7) is 2.07. The molecule has 0 aromatic carbocycles. The van der Waals surface area contributed by atoms with Crippen LogP contribution in [-0.2, 0) is 5.41 Å². The molecule has 0 saturated heterocycles. The maximum atomic E-state index is 9.16. The van der Waals surface area contributed by atoms with E-state index in [0.29, 0.717) is 5.82 Å². The molecule has 2 heterocycles. The normalized spacial score (nSPS) is 16.5. The summed E-state index contributed by atoms with van der Waals surface area (Å²) in [5, 5.41) is 11.2.